The number of hydrogen-bond acceptors (Lipinski definition) is 4. The molecule has 0 unspecified atom stereocenters. The van der Waals surface area contributed by atoms with Crippen LogP contribution >= 0.6 is 23.2 Å². The van der Waals surface area contributed by atoms with E-state index in [9.17, 15) is 13.7 Å². The van der Waals surface area contributed by atoms with E-state index in [2.05, 4.69) is 22.0 Å². The second kappa shape index (κ2) is 7.61. The van der Waals surface area contributed by atoms with Crippen molar-refractivity contribution in [3.63, 3.8) is 0 Å². The van der Waals surface area contributed by atoms with Crippen LogP contribution in [0.15, 0.2) is 34.8 Å². The molecule has 0 saturated heterocycles. The summed E-state index contributed by atoms with van der Waals surface area (Å²) in [5.74, 6) is 0. The summed E-state index contributed by atoms with van der Waals surface area (Å²) in [7, 11) is -5.39. The molecule has 0 spiro atoms. The van der Waals surface area contributed by atoms with E-state index in [1.807, 2.05) is 0 Å². The summed E-state index contributed by atoms with van der Waals surface area (Å²) < 4.78 is 38.9. The molecule has 8 heteroatoms. The Morgan fingerprint density at radius 1 is 1.16 bits per heavy atom. The first-order chi connectivity index (χ1) is 11.8. The minimum absolute atomic E-state index is 0.0914. The van der Waals surface area contributed by atoms with Gasteiger partial charge in [0.15, 0.2) is 0 Å². The van der Waals surface area contributed by atoms with E-state index in [0.717, 1.165) is 10.9 Å². The quantitative estimate of drug-likeness (QED) is 0.632. The molecule has 0 amide bonds. The summed E-state index contributed by atoms with van der Waals surface area (Å²) in [6.45, 7) is 2.80. The molecule has 0 bridgehead atoms. The van der Waals surface area contributed by atoms with E-state index < -0.39 is 13.5 Å². The van der Waals surface area contributed by atoms with Crippen molar-refractivity contribution in [3.05, 3.63) is 40.4 Å². The van der Waals surface area contributed by atoms with Gasteiger partial charge in [-0.1, -0.05) is 0 Å². The van der Waals surface area contributed by atoms with Crippen LogP contribution in [0.1, 0.15) is 19.4 Å². The molecule has 0 heterocycles. The first-order valence-corrected chi connectivity index (χ1v) is 10.6. The normalized spacial score (nSPS) is 13.6. The van der Waals surface area contributed by atoms with Crippen molar-refractivity contribution < 1.29 is 22.7 Å². The van der Waals surface area contributed by atoms with E-state index in [1.54, 1.807) is 24.3 Å². The molecule has 2 rings (SSSR count). The average Bonchev–Trinajstić information content (AvgIpc) is 2.55. The van der Waals surface area contributed by atoms with Gasteiger partial charge in [0, 0.05) is 0 Å². The van der Waals surface area contributed by atoms with E-state index in [4.69, 9.17) is 14.3 Å². The number of alkyl halides is 2. The summed E-state index contributed by atoms with van der Waals surface area (Å²) in [6.07, 6.45) is -3.02. The number of fused-ring (bicyclic) bond motifs is 1. The van der Waals surface area contributed by atoms with Crippen molar-refractivity contribution in [2.24, 2.45) is 0 Å². The predicted octanol–water partition coefficient (Wildman–Crippen LogP) is 4.88. The van der Waals surface area contributed by atoms with Crippen LogP contribution in [0, 0.1) is 11.3 Å². The molecule has 25 heavy (non-hydrogen) atoms. The van der Waals surface area contributed by atoms with E-state index in [1.165, 1.54) is 19.9 Å². The number of hydrogen-bond donors (Lipinski definition) is 1. The maximum atomic E-state index is 14.1. The third-order valence-corrected chi connectivity index (χ3v) is 8.22. The average molecular weight is 434 g/mol. The fourth-order valence-corrected chi connectivity index (χ4v) is 6.68. The predicted molar refractivity (Wildman–Crippen MR) is 99.0 cm³/mol. The molecule has 0 radical (unpaired) electrons. The van der Waals surface area contributed by atoms with Crippen molar-refractivity contribution in [2.75, 3.05) is 13.2 Å². The Morgan fingerprint density at radius 3 is 2.32 bits per heavy atom. The van der Waals surface area contributed by atoms with Crippen LogP contribution in [0.5, 0.6) is 0 Å². The Kier molecular flexibility index (Phi) is 6.13. The molecule has 136 valence electrons. The van der Waals surface area contributed by atoms with Crippen LogP contribution in [0.3, 0.4) is 0 Å². The Labute approximate surface area is 153 Å². The Hall–Kier alpha value is -1.16. The van der Waals surface area contributed by atoms with Crippen LogP contribution in [0.4, 0.5) is 8.78 Å². The number of halogens is 3. The van der Waals surface area contributed by atoms with Crippen molar-refractivity contribution in [2.45, 2.75) is 26.4 Å². The molecular formula is C17H19BrF2NO3P. The van der Waals surface area contributed by atoms with Gasteiger partial charge in [0.2, 0.25) is 0 Å². The zero-order valence-electron chi connectivity index (χ0n) is 13.9. The van der Waals surface area contributed by atoms with Gasteiger partial charge in [0.05, 0.1) is 0 Å². The van der Waals surface area contributed by atoms with Crippen molar-refractivity contribution in [1.29, 1.82) is 5.26 Å². The Balaban J connectivity index is 2.78. The summed E-state index contributed by atoms with van der Waals surface area (Å²) in [5, 5.41) is 10.2. The zero-order chi connectivity index (χ0) is 18.7. The minimum atomic E-state index is -5.39. The molecule has 2 aromatic carbocycles. The standard InChI is InChI=1S/C17H19BrF2NO3P/c1-3-23-25(22,17(19)20,24-4-2)16-11-14-9-12(7-8-21)5-6-13(14)10-15(16)18/h5-6,9-11,17,22H,3-4,7H2,1-2H3. The van der Waals surface area contributed by atoms with Gasteiger partial charge < -0.3 is 0 Å². The van der Waals surface area contributed by atoms with Crippen LogP contribution in [0.25, 0.3) is 10.8 Å². The van der Waals surface area contributed by atoms with E-state index >= 15 is 0 Å². The van der Waals surface area contributed by atoms with Gasteiger partial charge in [-0.2, -0.15) is 0 Å². The summed E-state index contributed by atoms with van der Waals surface area (Å²) in [5.41, 5.74) is 0.756. The third-order valence-electron chi connectivity index (χ3n) is 3.80. The van der Waals surface area contributed by atoms with Crippen LogP contribution in [-0.4, -0.2) is 24.3 Å². The fraction of sp³-hybridized carbons (Fsp3) is 0.353. The van der Waals surface area contributed by atoms with Gasteiger partial charge in [-0.05, 0) is 0 Å². The zero-order valence-corrected chi connectivity index (χ0v) is 16.4. The molecule has 0 saturated carbocycles. The molecule has 0 aliphatic rings. The molecule has 0 aliphatic heterocycles. The molecular weight excluding hydrogens is 415 g/mol. The second-order valence-corrected chi connectivity index (χ2v) is 9.60. The molecule has 0 aliphatic carbocycles. The summed E-state index contributed by atoms with van der Waals surface area (Å²) in [6, 6.07) is 10.5. The number of benzene rings is 2. The van der Waals surface area contributed by atoms with Crippen molar-refractivity contribution in [3.8, 4) is 6.07 Å². The Morgan fingerprint density at radius 2 is 1.80 bits per heavy atom. The fourth-order valence-electron chi connectivity index (χ4n) is 2.72. The van der Waals surface area contributed by atoms with Crippen LogP contribution in [-0.2, 0) is 15.5 Å². The molecule has 0 atom stereocenters. The number of nitrogens with zero attached hydrogens (tertiary/aromatic N) is 1. The Bertz CT molecular complexity index is 819. The maximum absolute atomic E-state index is 14.1. The summed E-state index contributed by atoms with van der Waals surface area (Å²) in [4.78, 5) is 11.1. The van der Waals surface area contributed by atoms with Gasteiger partial charge in [-0.25, -0.2) is 0 Å². The first kappa shape index (κ1) is 20.2. The topological polar surface area (TPSA) is 62.5 Å². The van der Waals surface area contributed by atoms with Crippen LogP contribution < -0.4 is 5.30 Å². The molecule has 0 aromatic heterocycles. The van der Waals surface area contributed by atoms with Gasteiger partial charge in [0.25, 0.3) is 0 Å². The number of nitriles is 1. The number of rotatable bonds is 7. The van der Waals surface area contributed by atoms with Crippen molar-refractivity contribution in [1.82, 2.24) is 0 Å². The first-order valence-electron chi connectivity index (χ1n) is 7.74. The molecule has 2 aromatic rings. The monoisotopic (exact) mass is 433 g/mol. The van der Waals surface area contributed by atoms with E-state index in [0.29, 0.717) is 5.39 Å². The summed E-state index contributed by atoms with van der Waals surface area (Å²) >= 11 is 3.27. The van der Waals surface area contributed by atoms with Gasteiger partial charge >= 0.3 is 153 Å². The van der Waals surface area contributed by atoms with E-state index in [-0.39, 0.29) is 29.4 Å². The second-order valence-electron chi connectivity index (χ2n) is 5.41. The van der Waals surface area contributed by atoms with Gasteiger partial charge in [-0.3, -0.25) is 0 Å². The molecule has 4 nitrogen and oxygen atoms in total. The molecule has 0 fully saturated rings. The molecule has 1 N–H and O–H groups in total. The third kappa shape index (κ3) is 3.55. The SMILES string of the molecule is CCOP(O)(OCC)(c1cc2cc(CC#N)ccc2cc1Br)C(F)F. The van der Waals surface area contributed by atoms with Crippen LogP contribution in [0.2, 0.25) is 0 Å². The van der Waals surface area contributed by atoms with Crippen molar-refractivity contribution >= 4 is 39.3 Å². The van der Waals surface area contributed by atoms with Gasteiger partial charge in [-0.15, -0.1) is 0 Å². The van der Waals surface area contributed by atoms with Gasteiger partial charge in [0.1, 0.15) is 0 Å².